The lowest BCUT2D eigenvalue weighted by Gasteiger charge is -2.05. The van der Waals surface area contributed by atoms with E-state index in [-0.39, 0.29) is 6.61 Å². The molecule has 0 atom stereocenters. The third-order valence-electron chi connectivity index (χ3n) is 1.66. The van der Waals surface area contributed by atoms with E-state index < -0.39 is 0 Å². The summed E-state index contributed by atoms with van der Waals surface area (Å²) in [7, 11) is 0. The Morgan fingerprint density at radius 1 is 1.07 bits per heavy atom. The Labute approximate surface area is 86.3 Å². The minimum absolute atomic E-state index is 0.184. The zero-order valence-electron chi connectivity index (χ0n) is 8.80. The van der Waals surface area contributed by atoms with Crippen LogP contribution in [0.2, 0.25) is 0 Å². The molecule has 0 aliphatic carbocycles. The van der Waals surface area contributed by atoms with E-state index in [1.165, 1.54) is 0 Å². The molecule has 4 nitrogen and oxygen atoms in total. The third-order valence-corrected chi connectivity index (χ3v) is 1.66. The maximum atomic E-state index is 8.47. The summed E-state index contributed by atoms with van der Waals surface area (Å²) >= 11 is 0. The molecule has 4 heteroatoms. The lowest BCUT2D eigenvalue weighted by atomic mass is 10.4. The third kappa shape index (κ3) is 11.6. The molecule has 0 amide bonds. The molecular formula is C10H22N2O2. The van der Waals surface area contributed by atoms with E-state index in [1.807, 2.05) is 6.08 Å². The highest BCUT2D eigenvalue weighted by Gasteiger charge is 1.88. The standard InChI is InChI=1S/C10H22N2O2/c1-2-3-4-11-6-9-14-10-7-12-5-8-13/h2,11-13H,1,3-10H2. The monoisotopic (exact) mass is 202 g/mol. The van der Waals surface area contributed by atoms with Crippen molar-refractivity contribution in [3.05, 3.63) is 12.7 Å². The number of nitrogens with one attached hydrogen (secondary N) is 2. The second-order valence-corrected chi connectivity index (χ2v) is 2.91. The van der Waals surface area contributed by atoms with Gasteiger partial charge in [0.2, 0.25) is 0 Å². The Morgan fingerprint density at radius 2 is 1.71 bits per heavy atom. The number of rotatable bonds is 11. The van der Waals surface area contributed by atoms with Crippen LogP contribution in [0.4, 0.5) is 0 Å². The molecule has 0 aromatic rings. The van der Waals surface area contributed by atoms with E-state index in [0.29, 0.717) is 13.2 Å². The highest BCUT2D eigenvalue weighted by Crippen LogP contribution is 1.76. The van der Waals surface area contributed by atoms with Crippen LogP contribution in [-0.4, -0.2) is 51.1 Å². The molecule has 0 aromatic heterocycles. The molecule has 14 heavy (non-hydrogen) atoms. The molecule has 0 bridgehead atoms. The molecule has 0 aliphatic rings. The molecular weight excluding hydrogens is 180 g/mol. The minimum atomic E-state index is 0.184. The lowest BCUT2D eigenvalue weighted by molar-refractivity contribution is 0.136. The minimum Gasteiger partial charge on any atom is -0.395 e. The summed E-state index contributed by atoms with van der Waals surface area (Å²) in [5.41, 5.74) is 0. The van der Waals surface area contributed by atoms with Crippen LogP contribution >= 0.6 is 0 Å². The summed E-state index contributed by atoms with van der Waals surface area (Å²) in [5.74, 6) is 0. The first-order chi connectivity index (χ1) is 6.91. The summed E-state index contributed by atoms with van der Waals surface area (Å²) < 4.78 is 5.33. The van der Waals surface area contributed by atoms with Crippen molar-refractivity contribution in [3.8, 4) is 0 Å². The van der Waals surface area contributed by atoms with Gasteiger partial charge in [-0.1, -0.05) is 6.08 Å². The zero-order chi connectivity index (χ0) is 10.5. The Bertz CT molecular complexity index is 121. The van der Waals surface area contributed by atoms with Crippen molar-refractivity contribution in [1.29, 1.82) is 0 Å². The van der Waals surface area contributed by atoms with Crippen molar-refractivity contribution in [2.45, 2.75) is 6.42 Å². The molecule has 0 rings (SSSR count). The first kappa shape index (κ1) is 13.6. The molecule has 0 radical (unpaired) electrons. The molecule has 0 spiro atoms. The number of hydrogen-bond acceptors (Lipinski definition) is 4. The second kappa shape index (κ2) is 12.6. The highest BCUT2D eigenvalue weighted by molar-refractivity contribution is 4.67. The summed E-state index contributed by atoms with van der Waals surface area (Å²) in [6.07, 6.45) is 2.89. The van der Waals surface area contributed by atoms with Crippen molar-refractivity contribution in [3.63, 3.8) is 0 Å². The topological polar surface area (TPSA) is 53.5 Å². The maximum absolute atomic E-state index is 8.47. The summed E-state index contributed by atoms with van der Waals surface area (Å²) in [5, 5.41) is 14.7. The number of ether oxygens (including phenoxy) is 1. The largest absolute Gasteiger partial charge is 0.395 e. The van der Waals surface area contributed by atoms with Gasteiger partial charge in [0.15, 0.2) is 0 Å². The van der Waals surface area contributed by atoms with Crippen molar-refractivity contribution >= 4 is 0 Å². The van der Waals surface area contributed by atoms with E-state index in [0.717, 1.165) is 32.7 Å². The van der Waals surface area contributed by atoms with Crippen LogP contribution in [-0.2, 0) is 4.74 Å². The average Bonchev–Trinajstić information content (AvgIpc) is 2.21. The van der Waals surface area contributed by atoms with Crippen LogP contribution in [0, 0.1) is 0 Å². The molecule has 0 aromatic carbocycles. The van der Waals surface area contributed by atoms with E-state index >= 15 is 0 Å². The number of aliphatic hydroxyl groups excluding tert-OH is 1. The number of aliphatic hydroxyl groups is 1. The molecule has 0 heterocycles. The normalized spacial score (nSPS) is 10.4. The second-order valence-electron chi connectivity index (χ2n) is 2.91. The van der Waals surface area contributed by atoms with Crippen molar-refractivity contribution in [2.24, 2.45) is 0 Å². The van der Waals surface area contributed by atoms with Crippen LogP contribution in [0.25, 0.3) is 0 Å². The van der Waals surface area contributed by atoms with Crippen molar-refractivity contribution in [1.82, 2.24) is 10.6 Å². The predicted molar refractivity (Wildman–Crippen MR) is 58.5 cm³/mol. The molecule has 3 N–H and O–H groups in total. The molecule has 0 saturated carbocycles. The van der Waals surface area contributed by atoms with Crippen LogP contribution in [0.5, 0.6) is 0 Å². The van der Waals surface area contributed by atoms with E-state index in [1.54, 1.807) is 0 Å². The van der Waals surface area contributed by atoms with E-state index in [9.17, 15) is 0 Å². The van der Waals surface area contributed by atoms with Crippen LogP contribution in [0.1, 0.15) is 6.42 Å². The molecule has 0 aliphatic heterocycles. The van der Waals surface area contributed by atoms with Crippen molar-refractivity contribution < 1.29 is 9.84 Å². The zero-order valence-corrected chi connectivity index (χ0v) is 8.80. The quantitative estimate of drug-likeness (QED) is 0.319. The first-order valence-corrected chi connectivity index (χ1v) is 5.12. The van der Waals surface area contributed by atoms with Gasteiger partial charge in [0.25, 0.3) is 0 Å². The van der Waals surface area contributed by atoms with Gasteiger partial charge in [-0.15, -0.1) is 6.58 Å². The van der Waals surface area contributed by atoms with Crippen LogP contribution in [0.15, 0.2) is 12.7 Å². The Kier molecular flexibility index (Phi) is 12.2. The smallest absolute Gasteiger partial charge is 0.0591 e. The fourth-order valence-corrected chi connectivity index (χ4v) is 0.924. The molecule has 0 saturated heterocycles. The fourth-order valence-electron chi connectivity index (χ4n) is 0.924. The highest BCUT2D eigenvalue weighted by atomic mass is 16.5. The molecule has 0 unspecified atom stereocenters. The first-order valence-electron chi connectivity index (χ1n) is 5.12. The number of hydrogen-bond donors (Lipinski definition) is 3. The SMILES string of the molecule is C=CCCNCCOCCNCCO. The Morgan fingerprint density at radius 3 is 2.29 bits per heavy atom. The fraction of sp³-hybridized carbons (Fsp3) is 0.800. The summed E-state index contributed by atoms with van der Waals surface area (Å²) in [6, 6.07) is 0. The Hall–Kier alpha value is -0.420. The van der Waals surface area contributed by atoms with Gasteiger partial charge >= 0.3 is 0 Å². The van der Waals surface area contributed by atoms with E-state index in [4.69, 9.17) is 9.84 Å². The predicted octanol–water partition coefficient (Wildman–Crippen LogP) is -0.249. The van der Waals surface area contributed by atoms with Gasteiger partial charge in [0.1, 0.15) is 0 Å². The molecule has 84 valence electrons. The van der Waals surface area contributed by atoms with E-state index in [2.05, 4.69) is 17.2 Å². The van der Waals surface area contributed by atoms with Gasteiger partial charge < -0.3 is 20.5 Å². The Balaban J connectivity index is 2.81. The van der Waals surface area contributed by atoms with Crippen molar-refractivity contribution in [2.75, 3.05) is 46.0 Å². The maximum Gasteiger partial charge on any atom is 0.0591 e. The van der Waals surface area contributed by atoms with Gasteiger partial charge in [-0.2, -0.15) is 0 Å². The van der Waals surface area contributed by atoms with Crippen LogP contribution in [0.3, 0.4) is 0 Å². The molecule has 0 fully saturated rings. The van der Waals surface area contributed by atoms with Gasteiger partial charge in [-0.25, -0.2) is 0 Å². The lowest BCUT2D eigenvalue weighted by Crippen LogP contribution is -2.25. The average molecular weight is 202 g/mol. The summed E-state index contributed by atoms with van der Waals surface area (Å²) in [4.78, 5) is 0. The van der Waals surface area contributed by atoms with Gasteiger partial charge in [0.05, 0.1) is 19.8 Å². The van der Waals surface area contributed by atoms with Gasteiger partial charge in [-0.05, 0) is 13.0 Å². The van der Waals surface area contributed by atoms with Gasteiger partial charge in [-0.3, -0.25) is 0 Å². The van der Waals surface area contributed by atoms with Crippen LogP contribution < -0.4 is 10.6 Å². The van der Waals surface area contributed by atoms with Gasteiger partial charge in [0, 0.05) is 19.6 Å². The summed E-state index contributed by atoms with van der Waals surface area (Å²) in [6.45, 7) is 8.54.